The van der Waals surface area contributed by atoms with Gasteiger partial charge in [-0.15, -0.1) is 0 Å². The van der Waals surface area contributed by atoms with Gasteiger partial charge in [-0.25, -0.2) is 0 Å². The molecule has 1 saturated carbocycles. The van der Waals surface area contributed by atoms with Crippen LogP contribution in [0.1, 0.15) is 24.0 Å². The molecule has 110 valence electrons. The van der Waals surface area contributed by atoms with E-state index in [1.54, 1.807) is 12.1 Å². The van der Waals surface area contributed by atoms with E-state index in [2.05, 4.69) is 5.32 Å². The first-order valence-electron chi connectivity index (χ1n) is 7.13. The van der Waals surface area contributed by atoms with E-state index in [0.717, 1.165) is 12.1 Å². The molecule has 21 heavy (non-hydrogen) atoms. The van der Waals surface area contributed by atoms with E-state index in [-0.39, 0.29) is 5.75 Å². The van der Waals surface area contributed by atoms with Crippen LogP contribution in [0.2, 0.25) is 5.02 Å². The van der Waals surface area contributed by atoms with Crippen LogP contribution in [-0.2, 0) is 13.2 Å². The van der Waals surface area contributed by atoms with Crippen molar-refractivity contribution in [1.29, 1.82) is 0 Å². The summed E-state index contributed by atoms with van der Waals surface area (Å²) in [6, 6.07) is 13.5. The lowest BCUT2D eigenvalue weighted by Gasteiger charge is -2.10. The molecule has 1 fully saturated rings. The van der Waals surface area contributed by atoms with Gasteiger partial charge in [0.15, 0.2) is 0 Å². The van der Waals surface area contributed by atoms with E-state index in [4.69, 9.17) is 16.3 Å². The number of nitrogens with one attached hydrogen (secondary N) is 1. The fourth-order valence-corrected chi connectivity index (χ4v) is 2.33. The molecule has 0 aliphatic heterocycles. The molecule has 0 radical (unpaired) electrons. The number of hydrogen-bond acceptors (Lipinski definition) is 3. The third-order valence-corrected chi connectivity index (χ3v) is 3.79. The Kier molecular flexibility index (Phi) is 4.32. The second-order valence-electron chi connectivity index (χ2n) is 5.38. The maximum atomic E-state index is 9.24. The second kappa shape index (κ2) is 6.37. The van der Waals surface area contributed by atoms with Crippen molar-refractivity contribution in [2.24, 2.45) is 0 Å². The van der Waals surface area contributed by atoms with Crippen LogP contribution in [0.25, 0.3) is 0 Å². The minimum atomic E-state index is 0.254. The summed E-state index contributed by atoms with van der Waals surface area (Å²) in [6.07, 6.45) is 2.56. The molecule has 1 aliphatic rings. The average molecular weight is 304 g/mol. The Morgan fingerprint density at radius 1 is 1.10 bits per heavy atom. The highest BCUT2D eigenvalue weighted by molar-refractivity contribution is 6.32. The van der Waals surface area contributed by atoms with Crippen LogP contribution in [0.15, 0.2) is 42.5 Å². The third-order valence-electron chi connectivity index (χ3n) is 3.50. The van der Waals surface area contributed by atoms with E-state index in [0.29, 0.717) is 23.4 Å². The SMILES string of the molecule is Oc1ccc(COc2ccc(CNC3CC3)cc2Cl)cc1. The van der Waals surface area contributed by atoms with Gasteiger partial charge < -0.3 is 15.2 Å². The van der Waals surface area contributed by atoms with Gasteiger partial charge in [0.25, 0.3) is 0 Å². The van der Waals surface area contributed by atoms with Gasteiger partial charge in [-0.3, -0.25) is 0 Å². The van der Waals surface area contributed by atoms with Crippen molar-refractivity contribution >= 4 is 11.6 Å². The van der Waals surface area contributed by atoms with Gasteiger partial charge in [-0.2, -0.15) is 0 Å². The minimum Gasteiger partial charge on any atom is -0.508 e. The van der Waals surface area contributed by atoms with Crippen LogP contribution in [0.3, 0.4) is 0 Å². The van der Waals surface area contributed by atoms with Crippen LogP contribution in [0, 0.1) is 0 Å². The molecule has 2 aromatic carbocycles. The van der Waals surface area contributed by atoms with Crippen molar-refractivity contribution in [2.75, 3.05) is 0 Å². The summed E-state index contributed by atoms with van der Waals surface area (Å²) < 4.78 is 5.72. The summed E-state index contributed by atoms with van der Waals surface area (Å²) in [5.41, 5.74) is 2.16. The predicted molar refractivity (Wildman–Crippen MR) is 83.8 cm³/mol. The van der Waals surface area contributed by atoms with Crippen molar-refractivity contribution in [3.05, 3.63) is 58.6 Å². The number of phenols is 1. The summed E-state index contributed by atoms with van der Waals surface area (Å²) in [6.45, 7) is 1.28. The van der Waals surface area contributed by atoms with Crippen molar-refractivity contribution in [3.63, 3.8) is 0 Å². The molecule has 1 aliphatic carbocycles. The molecular weight excluding hydrogens is 286 g/mol. The van der Waals surface area contributed by atoms with E-state index < -0.39 is 0 Å². The second-order valence-corrected chi connectivity index (χ2v) is 5.78. The normalized spacial score (nSPS) is 14.1. The largest absolute Gasteiger partial charge is 0.508 e. The van der Waals surface area contributed by atoms with E-state index in [1.165, 1.54) is 18.4 Å². The van der Waals surface area contributed by atoms with Crippen LogP contribution >= 0.6 is 11.6 Å². The fourth-order valence-electron chi connectivity index (χ4n) is 2.07. The zero-order valence-electron chi connectivity index (χ0n) is 11.7. The Labute approximate surface area is 129 Å². The monoisotopic (exact) mass is 303 g/mol. The standard InChI is InChI=1S/C17H18ClNO2/c18-16-9-13(10-19-14-4-5-14)3-8-17(16)21-11-12-1-6-15(20)7-2-12/h1-3,6-9,14,19-20H,4-5,10-11H2. The number of benzene rings is 2. The predicted octanol–water partition coefficient (Wildman–Crippen LogP) is 3.88. The van der Waals surface area contributed by atoms with Gasteiger partial charge in [-0.1, -0.05) is 29.8 Å². The molecule has 0 amide bonds. The smallest absolute Gasteiger partial charge is 0.138 e. The maximum absolute atomic E-state index is 9.24. The number of phenolic OH excluding ortho intramolecular Hbond substituents is 1. The summed E-state index contributed by atoms with van der Waals surface area (Å²) in [5.74, 6) is 0.934. The van der Waals surface area contributed by atoms with Gasteiger partial charge in [-0.05, 0) is 48.2 Å². The van der Waals surface area contributed by atoms with Crippen molar-refractivity contribution < 1.29 is 9.84 Å². The Morgan fingerprint density at radius 3 is 2.48 bits per heavy atom. The minimum absolute atomic E-state index is 0.254. The zero-order valence-corrected chi connectivity index (χ0v) is 12.4. The highest BCUT2D eigenvalue weighted by Gasteiger charge is 2.20. The molecule has 4 heteroatoms. The molecule has 0 unspecified atom stereocenters. The van der Waals surface area contributed by atoms with Gasteiger partial charge in [0.1, 0.15) is 18.1 Å². The summed E-state index contributed by atoms with van der Waals surface area (Å²) in [5, 5.41) is 13.3. The molecule has 0 heterocycles. The van der Waals surface area contributed by atoms with Gasteiger partial charge in [0, 0.05) is 12.6 Å². The lowest BCUT2D eigenvalue weighted by molar-refractivity contribution is 0.306. The average Bonchev–Trinajstić information content (AvgIpc) is 3.30. The van der Waals surface area contributed by atoms with Crippen LogP contribution in [-0.4, -0.2) is 11.1 Å². The molecule has 2 aromatic rings. The van der Waals surface area contributed by atoms with Crippen molar-refractivity contribution in [1.82, 2.24) is 5.32 Å². The number of aromatic hydroxyl groups is 1. The van der Waals surface area contributed by atoms with E-state index >= 15 is 0 Å². The summed E-state index contributed by atoms with van der Waals surface area (Å²) in [4.78, 5) is 0. The van der Waals surface area contributed by atoms with Crippen LogP contribution in [0.4, 0.5) is 0 Å². The molecule has 0 atom stereocenters. The van der Waals surface area contributed by atoms with Gasteiger partial charge >= 0.3 is 0 Å². The summed E-state index contributed by atoms with van der Waals surface area (Å²) in [7, 11) is 0. The first-order chi connectivity index (χ1) is 10.2. The molecule has 0 saturated heterocycles. The molecular formula is C17H18ClNO2. The Morgan fingerprint density at radius 2 is 1.81 bits per heavy atom. The quantitative estimate of drug-likeness (QED) is 0.851. The highest BCUT2D eigenvalue weighted by Crippen LogP contribution is 2.27. The Hall–Kier alpha value is -1.71. The molecule has 2 N–H and O–H groups in total. The third kappa shape index (κ3) is 4.13. The van der Waals surface area contributed by atoms with Crippen molar-refractivity contribution in [2.45, 2.75) is 32.0 Å². The molecule has 0 bridgehead atoms. The molecule has 0 spiro atoms. The van der Waals surface area contributed by atoms with Crippen molar-refractivity contribution in [3.8, 4) is 11.5 Å². The van der Waals surface area contributed by atoms with Crippen LogP contribution < -0.4 is 10.1 Å². The number of hydrogen-bond donors (Lipinski definition) is 2. The zero-order chi connectivity index (χ0) is 14.7. The molecule has 0 aromatic heterocycles. The highest BCUT2D eigenvalue weighted by atomic mass is 35.5. The maximum Gasteiger partial charge on any atom is 0.138 e. The first-order valence-corrected chi connectivity index (χ1v) is 7.51. The molecule has 3 nitrogen and oxygen atoms in total. The topological polar surface area (TPSA) is 41.5 Å². The first kappa shape index (κ1) is 14.2. The Bertz CT molecular complexity index is 609. The molecule has 3 rings (SSSR count). The lowest BCUT2D eigenvalue weighted by atomic mass is 10.2. The Balaban J connectivity index is 1.58. The number of halogens is 1. The lowest BCUT2D eigenvalue weighted by Crippen LogP contribution is -2.15. The van der Waals surface area contributed by atoms with Gasteiger partial charge in [0.05, 0.1) is 5.02 Å². The number of ether oxygens (including phenoxy) is 1. The van der Waals surface area contributed by atoms with E-state index in [9.17, 15) is 5.11 Å². The van der Waals surface area contributed by atoms with Crippen LogP contribution in [0.5, 0.6) is 11.5 Å². The fraction of sp³-hybridized carbons (Fsp3) is 0.294. The van der Waals surface area contributed by atoms with E-state index in [1.807, 2.05) is 30.3 Å². The number of rotatable bonds is 6. The summed E-state index contributed by atoms with van der Waals surface area (Å²) >= 11 is 6.26. The van der Waals surface area contributed by atoms with Gasteiger partial charge in [0.2, 0.25) is 0 Å².